The van der Waals surface area contributed by atoms with Crippen LogP contribution in [0.2, 0.25) is 0 Å². The number of carboxylic acid groups (broad SMARTS) is 1. The number of piperidine rings is 1. The van der Waals surface area contributed by atoms with Crippen molar-refractivity contribution in [2.75, 3.05) is 46.4 Å². The van der Waals surface area contributed by atoms with Crippen molar-refractivity contribution in [3.8, 4) is 0 Å². The second-order valence-corrected chi connectivity index (χ2v) is 19.5. The number of fused-ring (bicyclic) bond motifs is 2. The SMILES string of the molecule is CC[C@H](C)[C@@H]([C@@H](CC(=O)N1CCC[C@H]1[C@H](OC)[C@@H](C)C(=O)C[C@@H](Cc1ccccc1)C(=O)O)OC)N(C)C(=O)[C@@H](NC(=O)[C@@H]1[C@H]2CC[C@@H](C2)N1CCCCCCSC)C(C)C. The smallest absolute Gasteiger partial charge is 0.307 e. The van der Waals surface area contributed by atoms with Crippen molar-refractivity contribution in [1.29, 1.82) is 0 Å². The van der Waals surface area contributed by atoms with Crippen molar-refractivity contribution in [2.24, 2.45) is 29.6 Å². The number of nitrogens with one attached hydrogen (secondary N) is 1. The molecule has 1 saturated carbocycles. The molecule has 13 heteroatoms. The number of ether oxygens (including phenoxy) is 2. The van der Waals surface area contributed by atoms with E-state index in [4.69, 9.17) is 9.47 Å². The zero-order valence-corrected chi connectivity index (χ0v) is 39.5. The fraction of sp³-hybridized carbons (Fsp3) is 0.771. The molecule has 2 N–H and O–H groups in total. The van der Waals surface area contributed by atoms with Gasteiger partial charge in [-0.05, 0) is 93.2 Å². The van der Waals surface area contributed by atoms with Gasteiger partial charge in [0.1, 0.15) is 11.8 Å². The molecule has 1 aromatic carbocycles. The Bertz CT molecular complexity index is 1560. The first-order valence-corrected chi connectivity index (χ1v) is 24.5. The first-order chi connectivity index (χ1) is 29.2. The third-order valence-corrected chi connectivity index (χ3v) is 14.9. The first-order valence-electron chi connectivity index (χ1n) is 23.1. The Morgan fingerprint density at radius 1 is 0.951 bits per heavy atom. The number of aliphatic carboxylic acids is 1. The van der Waals surface area contributed by atoms with Crippen molar-refractivity contribution in [1.82, 2.24) is 20.0 Å². The Morgan fingerprint density at radius 2 is 1.66 bits per heavy atom. The first kappa shape index (κ1) is 50.6. The van der Waals surface area contributed by atoms with E-state index >= 15 is 0 Å². The zero-order chi connectivity index (χ0) is 44.8. The molecule has 0 aromatic heterocycles. The third-order valence-electron chi connectivity index (χ3n) is 14.2. The van der Waals surface area contributed by atoms with E-state index in [0.717, 1.165) is 57.1 Å². The number of rotatable bonds is 27. The van der Waals surface area contributed by atoms with Crippen LogP contribution in [0.25, 0.3) is 0 Å². The average molecular weight is 871 g/mol. The van der Waals surface area contributed by atoms with Gasteiger partial charge in [0.2, 0.25) is 17.7 Å². The van der Waals surface area contributed by atoms with E-state index in [9.17, 15) is 29.1 Å². The Hall–Kier alpha value is -3.00. The molecule has 3 fully saturated rings. The summed E-state index contributed by atoms with van der Waals surface area (Å²) in [5, 5.41) is 13.2. The van der Waals surface area contributed by atoms with E-state index in [2.05, 4.69) is 30.3 Å². The topological polar surface area (TPSA) is 146 Å². The van der Waals surface area contributed by atoms with Gasteiger partial charge < -0.3 is 29.7 Å². The molecule has 0 spiro atoms. The number of likely N-dealkylation sites (N-methyl/N-ethyl adjacent to an activating group) is 1. The van der Waals surface area contributed by atoms with Crippen LogP contribution in [0, 0.1) is 29.6 Å². The summed E-state index contributed by atoms with van der Waals surface area (Å²) in [6.07, 6.45) is 11.0. The number of carbonyl (C=O) groups excluding carboxylic acids is 4. The highest BCUT2D eigenvalue weighted by Gasteiger charge is 2.50. The maximum Gasteiger partial charge on any atom is 0.307 e. The van der Waals surface area contributed by atoms with Crippen LogP contribution in [0.5, 0.6) is 0 Å². The number of methoxy groups -OCH3 is 2. The summed E-state index contributed by atoms with van der Waals surface area (Å²) in [5.41, 5.74) is 0.854. The van der Waals surface area contributed by atoms with Crippen LogP contribution in [0.1, 0.15) is 117 Å². The van der Waals surface area contributed by atoms with Crippen LogP contribution in [0.4, 0.5) is 0 Å². The van der Waals surface area contributed by atoms with E-state index in [1.807, 2.05) is 55.9 Å². The van der Waals surface area contributed by atoms with Gasteiger partial charge in [-0.25, -0.2) is 0 Å². The minimum absolute atomic E-state index is 0.0205. The van der Waals surface area contributed by atoms with Crippen molar-refractivity contribution in [3.05, 3.63) is 35.9 Å². The molecule has 344 valence electrons. The number of hydrogen-bond donors (Lipinski definition) is 2. The van der Waals surface area contributed by atoms with Crippen LogP contribution >= 0.6 is 11.8 Å². The number of carboxylic acids is 1. The molecule has 61 heavy (non-hydrogen) atoms. The highest BCUT2D eigenvalue weighted by atomic mass is 32.2. The summed E-state index contributed by atoms with van der Waals surface area (Å²) < 4.78 is 12.1. The van der Waals surface area contributed by atoms with Crippen LogP contribution in [-0.2, 0) is 39.9 Å². The number of benzene rings is 1. The van der Waals surface area contributed by atoms with Gasteiger partial charge in [-0.2, -0.15) is 11.8 Å². The highest BCUT2D eigenvalue weighted by molar-refractivity contribution is 7.98. The molecule has 2 aliphatic heterocycles. The van der Waals surface area contributed by atoms with E-state index in [1.54, 1.807) is 38.0 Å². The van der Waals surface area contributed by atoms with Gasteiger partial charge in [0.15, 0.2) is 0 Å². The molecule has 11 atom stereocenters. The number of nitrogens with zero attached hydrogens (tertiary/aromatic N) is 3. The lowest BCUT2D eigenvalue weighted by molar-refractivity contribution is -0.148. The molecule has 1 aromatic rings. The largest absolute Gasteiger partial charge is 0.481 e. The van der Waals surface area contributed by atoms with Crippen LogP contribution < -0.4 is 5.32 Å². The Balaban J connectivity index is 1.44. The van der Waals surface area contributed by atoms with E-state index in [1.165, 1.54) is 18.6 Å². The number of thioether (sulfide) groups is 1. The minimum Gasteiger partial charge on any atom is -0.481 e. The zero-order valence-electron chi connectivity index (χ0n) is 38.7. The number of likely N-dealkylation sites (tertiary alicyclic amines) is 2. The molecule has 2 bridgehead atoms. The molecule has 2 saturated heterocycles. The van der Waals surface area contributed by atoms with Gasteiger partial charge in [0.25, 0.3) is 0 Å². The Morgan fingerprint density at radius 3 is 2.28 bits per heavy atom. The van der Waals surface area contributed by atoms with Gasteiger partial charge in [-0.15, -0.1) is 0 Å². The summed E-state index contributed by atoms with van der Waals surface area (Å²) in [5.74, 6) is -1.82. The van der Waals surface area contributed by atoms with Gasteiger partial charge in [0, 0.05) is 46.2 Å². The second-order valence-electron chi connectivity index (χ2n) is 18.5. The summed E-state index contributed by atoms with van der Waals surface area (Å²) in [7, 11) is 4.89. The monoisotopic (exact) mass is 871 g/mol. The van der Waals surface area contributed by atoms with Crippen molar-refractivity contribution < 1.29 is 38.6 Å². The minimum atomic E-state index is -1.02. The van der Waals surface area contributed by atoms with Crippen LogP contribution in [-0.4, -0.2) is 138 Å². The quantitative estimate of drug-likeness (QED) is 0.0914. The fourth-order valence-electron chi connectivity index (χ4n) is 10.5. The van der Waals surface area contributed by atoms with Crippen molar-refractivity contribution in [2.45, 2.75) is 161 Å². The maximum absolute atomic E-state index is 14.6. The van der Waals surface area contributed by atoms with E-state index in [0.29, 0.717) is 24.9 Å². The second kappa shape index (κ2) is 24.7. The molecular formula is C48H78N4O8S. The standard InChI is InChI=1S/C48H78N4O8S/c1-10-32(4)43(50(6)47(56)42(31(2)3)49-46(55)44-35-22-23-37(28-35)51(44)24-16-11-12-17-26-61-9)40(59-7)30-41(54)52-25-18-21-38(52)45(60-8)33(5)39(53)29-36(48(57)58)27-34-19-14-13-15-20-34/h13-15,19-20,31-33,35-38,40,42-45H,10-12,16-18,21-30H2,1-9H3,(H,49,55)(H,57,58)/t32-,33-,35-,36+,37-,38-,40+,42-,43-,44-,45+/m0/s1. The highest BCUT2D eigenvalue weighted by Crippen LogP contribution is 2.43. The number of hydrogen-bond acceptors (Lipinski definition) is 9. The lowest BCUT2D eigenvalue weighted by atomic mass is 9.85. The summed E-state index contributed by atoms with van der Waals surface area (Å²) >= 11 is 1.89. The summed E-state index contributed by atoms with van der Waals surface area (Å²) in [6.45, 7) is 11.2. The molecule has 0 unspecified atom stereocenters. The number of carbonyl (C=O) groups is 5. The number of Topliss-reactive ketones (excluding diaryl/α,β-unsaturated/α-hetero) is 1. The molecule has 0 radical (unpaired) electrons. The lowest BCUT2D eigenvalue weighted by Crippen LogP contribution is -2.60. The van der Waals surface area contributed by atoms with Gasteiger partial charge in [0.05, 0.1) is 42.7 Å². The van der Waals surface area contributed by atoms with Gasteiger partial charge >= 0.3 is 5.97 Å². The van der Waals surface area contributed by atoms with E-state index < -0.39 is 42.1 Å². The van der Waals surface area contributed by atoms with Crippen molar-refractivity contribution >= 4 is 41.2 Å². The Kier molecular flexibility index (Phi) is 20.5. The predicted molar refractivity (Wildman–Crippen MR) is 242 cm³/mol. The molecule has 3 aliphatic rings. The number of ketones is 1. The summed E-state index contributed by atoms with van der Waals surface area (Å²) in [6, 6.07) is 7.96. The third kappa shape index (κ3) is 13.3. The maximum atomic E-state index is 14.6. The average Bonchev–Trinajstić information content (AvgIpc) is 4.01. The summed E-state index contributed by atoms with van der Waals surface area (Å²) in [4.78, 5) is 75.0. The predicted octanol–water partition coefficient (Wildman–Crippen LogP) is 6.73. The molecule has 2 heterocycles. The Labute approximate surface area is 371 Å². The molecular weight excluding hydrogens is 793 g/mol. The molecule has 12 nitrogen and oxygen atoms in total. The van der Waals surface area contributed by atoms with Gasteiger partial charge in [-0.1, -0.05) is 84.2 Å². The van der Waals surface area contributed by atoms with Crippen LogP contribution in [0.15, 0.2) is 30.3 Å². The molecule has 4 rings (SSSR count). The lowest BCUT2D eigenvalue weighted by Gasteiger charge is -2.41. The van der Waals surface area contributed by atoms with E-state index in [-0.39, 0.29) is 66.7 Å². The van der Waals surface area contributed by atoms with Crippen molar-refractivity contribution in [3.63, 3.8) is 0 Å². The normalized spacial score (nSPS) is 23.6. The number of amides is 3. The van der Waals surface area contributed by atoms with Crippen LogP contribution in [0.3, 0.4) is 0 Å². The van der Waals surface area contributed by atoms with Gasteiger partial charge in [-0.3, -0.25) is 28.9 Å². The molecule has 3 amide bonds. The number of unbranched alkanes of at least 4 members (excludes halogenated alkanes) is 3. The fourth-order valence-corrected chi connectivity index (χ4v) is 11.0. The molecule has 1 aliphatic carbocycles.